The third kappa shape index (κ3) is 3.72. The molecule has 0 radical (unpaired) electrons. The van der Waals surface area contributed by atoms with Crippen molar-refractivity contribution < 1.29 is 4.79 Å². The third-order valence-electron chi connectivity index (χ3n) is 5.88. The number of nitrogens with one attached hydrogen (secondary N) is 1. The van der Waals surface area contributed by atoms with E-state index >= 15 is 0 Å². The SMILES string of the molecule is CC[C@H]1CN(C(=O)C2CC2)CC[C@@H]1NCc1ccc2ccccc2c1. The number of carbonyl (C=O) groups is 1. The zero-order chi connectivity index (χ0) is 17.2. The van der Waals surface area contributed by atoms with Gasteiger partial charge in [-0.1, -0.05) is 49.7 Å². The van der Waals surface area contributed by atoms with E-state index in [1.54, 1.807) is 0 Å². The Morgan fingerprint density at radius 3 is 2.68 bits per heavy atom. The molecule has 2 aliphatic rings. The maximum atomic E-state index is 12.3. The van der Waals surface area contributed by atoms with Crippen molar-refractivity contribution in [1.29, 1.82) is 0 Å². The Balaban J connectivity index is 1.37. The quantitative estimate of drug-likeness (QED) is 0.896. The minimum absolute atomic E-state index is 0.347. The number of piperidine rings is 1. The molecule has 2 aromatic rings. The Labute approximate surface area is 150 Å². The van der Waals surface area contributed by atoms with Crippen LogP contribution in [0.2, 0.25) is 0 Å². The molecule has 2 fully saturated rings. The van der Waals surface area contributed by atoms with E-state index < -0.39 is 0 Å². The van der Waals surface area contributed by atoms with Gasteiger partial charge in [-0.15, -0.1) is 0 Å². The molecule has 1 heterocycles. The predicted molar refractivity (Wildman–Crippen MR) is 102 cm³/mol. The lowest BCUT2D eigenvalue weighted by Gasteiger charge is -2.39. The highest BCUT2D eigenvalue weighted by Crippen LogP contribution is 2.33. The molecule has 1 aliphatic carbocycles. The van der Waals surface area contributed by atoms with Crippen LogP contribution in [0.15, 0.2) is 42.5 Å². The first kappa shape index (κ1) is 16.6. The molecule has 0 unspecified atom stereocenters. The number of hydrogen-bond acceptors (Lipinski definition) is 2. The summed E-state index contributed by atoms with van der Waals surface area (Å²) in [4.78, 5) is 14.5. The van der Waals surface area contributed by atoms with Crippen molar-refractivity contribution in [2.24, 2.45) is 11.8 Å². The minimum Gasteiger partial charge on any atom is -0.342 e. The maximum Gasteiger partial charge on any atom is 0.225 e. The van der Waals surface area contributed by atoms with Gasteiger partial charge in [0.1, 0.15) is 0 Å². The Kier molecular flexibility index (Phi) is 4.76. The Morgan fingerprint density at radius 2 is 1.92 bits per heavy atom. The largest absolute Gasteiger partial charge is 0.342 e. The van der Waals surface area contributed by atoms with Gasteiger partial charge in [-0.3, -0.25) is 4.79 Å². The summed E-state index contributed by atoms with van der Waals surface area (Å²) >= 11 is 0. The molecule has 0 aromatic heterocycles. The van der Waals surface area contributed by atoms with Crippen LogP contribution in [0.1, 0.15) is 38.2 Å². The Morgan fingerprint density at radius 1 is 1.12 bits per heavy atom. The molecule has 1 saturated heterocycles. The number of likely N-dealkylation sites (tertiary alicyclic amines) is 1. The fraction of sp³-hybridized carbons (Fsp3) is 0.500. The van der Waals surface area contributed by atoms with Crippen molar-refractivity contribution in [3.63, 3.8) is 0 Å². The molecule has 2 aromatic carbocycles. The van der Waals surface area contributed by atoms with Crippen LogP contribution in [-0.4, -0.2) is 29.9 Å². The fourth-order valence-electron chi connectivity index (χ4n) is 4.10. The Hall–Kier alpha value is -1.87. The van der Waals surface area contributed by atoms with Gasteiger partial charge in [0.05, 0.1) is 0 Å². The maximum absolute atomic E-state index is 12.3. The highest BCUT2D eigenvalue weighted by atomic mass is 16.2. The van der Waals surface area contributed by atoms with Gasteiger partial charge in [-0.05, 0) is 47.6 Å². The zero-order valence-corrected chi connectivity index (χ0v) is 15.1. The van der Waals surface area contributed by atoms with Crippen LogP contribution in [-0.2, 0) is 11.3 Å². The number of nitrogens with zero attached hydrogens (tertiary/aromatic N) is 1. The van der Waals surface area contributed by atoms with Crippen molar-refractivity contribution in [2.45, 2.75) is 45.2 Å². The molecule has 1 saturated carbocycles. The van der Waals surface area contributed by atoms with E-state index in [0.29, 0.717) is 23.8 Å². The summed E-state index contributed by atoms with van der Waals surface area (Å²) in [7, 11) is 0. The van der Waals surface area contributed by atoms with Crippen LogP contribution in [0.5, 0.6) is 0 Å². The molecule has 1 aliphatic heterocycles. The van der Waals surface area contributed by atoms with Crippen molar-refractivity contribution >= 4 is 16.7 Å². The van der Waals surface area contributed by atoms with E-state index in [-0.39, 0.29) is 0 Å². The molecular weight excluding hydrogens is 308 g/mol. The molecule has 3 nitrogen and oxygen atoms in total. The topological polar surface area (TPSA) is 32.3 Å². The van der Waals surface area contributed by atoms with Gasteiger partial charge in [0, 0.05) is 31.6 Å². The summed E-state index contributed by atoms with van der Waals surface area (Å²) in [6.45, 7) is 5.01. The van der Waals surface area contributed by atoms with E-state index in [4.69, 9.17) is 0 Å². The number of benzene rings is 2. The highest BCUT2D eigenvalue weighted by molar-refractivity contribution is 5.83. The van der Waals surface area contributed by atoms with Crippen LogP contribution in [0.3, 0.4) is 0 Å². The van der Waals surface area contributed by atoms with E-state index in [0.717, 1.165) is 45.3 Å². The molecule has 1 N–H and O–H groups in total. The Bertz CT molecular complexity index is 753. The normalized spacial score (nSPS) is 23.8. The average Bonchev–Trinajstić information content (AvgIpc) is 3.50. The van der Waals surface area contributed by atoms with Crippen molar-refractivity contribution in [2.75, 3.05) is 13.1 Å². The van der Waals surface area contributed by atoms with Crippen molar-refractivity contribution in [3.8, 4) is 0 Å². The van der Waals surface area contributed by atoms with Crippen LogP contribution < -0.4 is 5.32 Å². The van der Waals surface area contributed by atoms with Gasteiger partial charge < -0.3 is 10.2 Å². The molecular formula is C22H28N2O. The summed E-state index contributed by atoms with van der Waals surface area (Å²) in [6, 6.07) is 15.8. The lowest BCUT2D eigenvalue weighted by molar-refractivity contribution is -0.134. The third-order valence-corrected chi connectivity index (χ3v) is 5.88. The van der Waals surface area contributed by atoms with Crippen LogP contribution in [0, 0.1) is 11.8 Å². The number of hydrogen-bond donors (Lipinski definition) is 1. The van der Waals surface area contributed by atoms with Crippen LogP contribution in [0.4, 0.5) is 0 Å². The van der Waals surface area contributed by atoms with Gasteiger partial charge in [0.25, 0.3) is 0 Å². The van der Waals surface area contributed by atoms with Crippen LogP contribution in [0.25, 0.3) is 10.8 Å². The average molecular weight is 336 g/mol. The zero-order valence-electron chi connectivity index (χ0n) is 15.1. The van der Waals surface area contributed by atoms with Crippen molar-refractivity contribution in [1.82, 2.24) is 10.2 Å². The lowest BCUT2D eigenvalue weighted by atomic mass is 9.89. The highest BCUT2D eigenvalue weighted by Gasteiger charge is 2.37. The second-order valence-electron chi connectivity index (χ2n) is 7.68. The summed E-state index contributed by atoms with van der Waals surface area (Å²) in [5.41, 5.74) is 1.34. The number of rotatable bonds is 5. The van der Waals surface area contributed by atoms with E-state index in [9.17, 15) is 4.79 Å². The minimum atomic E-state index is 0.347. The van der Waals surface area contributed by atoms with Gasteiger partial charge in [-0.25, -0.2) is 0 Å². The first-order valence-electron chi connectivity index (χ1n) is 9.74. The lowest BCUT2D eigenvalue weighted by Crippen LogP contribution is -2.51. The molecule has 4 rings (SSSR count). The van der Waals surface area contributed by atoms with Gasteiger partial charge in [0.2, 0.25) is 5.91 Å². The molecule has 25 heavy (non-hydrogen) atoms. The standard InChI is InChI=1S/C22H28N2O/c1-2-17-15-24(22(25)19-9-10-19)12-11-21(17)23-14-16-7-8-18-5-3-4-6-20(18)13-16/h3-8,13,17,19,21,23H,2,9-12,14-15H2,1H3/t17-,21-/m0/s1. The first-order chi connectivity index (χ1) is 12.2. The first-order valence-corrected chi connectivity index (χ1v) is 9.74. The molecule has 2 atom stereocenters. The summed E-state index contributed by atoms with van der Waals surface area (Å²) in [5, 5.41) is 6.37. The number of carbonyl (C=O) groups excluding carboxylic acids is 1. The predicted octanol–water partition coefficient (Wildman–Crippen LogP) is 3.97. The summed E-state index contributed by atoms with van der Waals surface area (Å²) in [5.74, 6) is 1.32. The van der Waals surface area contributed by atoms with E-state index in [1.165, 1.54) is 16.3 Å². The van der Waals surface area contributed by atoms with Gasteiger partial charge >= 0.3 is 0 Å². The number of fused-ring (bicyclic) bond motifs is 1. The van der Waals surface area contributed by atoms with Crippen molar-refractivity contribution in [3.05, 3.63) is 48.0 Å². The second kappa shape index (κ2) is 7.17. The van der Waals surface area contributed by atoms with E-state index in [1.807, 2.05) is 0 Å². The molecule has 132 valence electrons. The molecule has 0 spiro atoms. The molecule has 3 heteroatoms. The molecule has 1 amide bonds. The number of amides is 1. The summed E-state index contributed by atoms with van der Waals surface area (Å²) in [6.07, 6.45) is 4.42. The van der Waals surface area contributed by atoms with E-state index in [2.05, 4.69) is 59.6 Å². The second-order valence-corrected chi connectivity index (χ2v) is 7.68. The van der Waals surface area contributed by atoms with Crippen LogP contribution >= 0.6 is 0 Å². The summed E-state index contributed by atoms with van der Waals surface area (Å²) < 4.78 is 0. The monoisotopic (exact) mass is 336 g/mol. The van der Waals surface area contributed by atoms with Gasteiger partial charge in [0.15, 0.2) is 0 Å². The smallest absolute Gasteiger partial charge is 0.225 e. The van der Waals surface area contributed by atoms with Gasteiger partial charge in [-0.2, -0.15) is 0 Å². The molecule has 0 bridgehead atoms. The fourth-order valence-corrected chi connectivity index (χ4v) is 4.10.